The van der Waals surface area contributed by atoms with Crippen LogP contribution in [0.3, 0.4) is 0 Å². The Labute approximate surface area is 141 Å². The molecule has 1 aliphatic heterocycles. The number of carbonyl (C=O) groups is 1. The van der Waals surface area contributed by atoms with Crippen LogP contribution in [0.25, 0.3) is 0 Å². The van der Waals surface area contributed by atoms with Gasteiger partial charge in [0.05, 0.1) is 4.92 Å². The number of nitro groups is 1. The molecule has 1 saturated heterocycles. The molecular weight excluding hydrogens is 320 g/mol. The Morgan fingerprint density at radius 2 is 2.09 bits per heavy atom. The third kappa shape index (κ3) is 6.83. The Morgan fingerprint density at radius 3 is 2.70 bits per heavy atom. The summed E-state index contributed by atoms with van der Waals surface area (Å²) in [6, 6.07) is 6.68. The van der Waals surface area contributed by atoms with Crippen molar-refractivity contribution in [1.29, 1.82) is 0 Å². The molecule has 0 radical (unpaired) electrons. The summed E-state index contributed by atoms with van der Waals surface area (Å²) in [6.07, 6.45) is 3.51. The van der Waals surface area contributed by atoms with Gasteiger partial charge in [0.25, 0.3) is 5.69 Å². The van der Waals surface area contributed by atoms with Gasteiger partial charge in [-0.05, 0) is 37.9 Å². The number of nitrogens with zero attached hydrogens (tertiary/aromatic N) is 1. The second-order valence-corrected chi connectivity index (χ2v) is 5.43. The fraction of sp³-hybridized carbons (Fsp3) is 0.533. The van der Waals surface area contributed by atoms with Gasteiger partial charge in [-0.25, -0.2) is 0 Å². The topological polar surface area (TPSA) is 96.3 Å². The summed E-state index contributed by atoms with van der Waals surface area (Å²) in [5, 5.41) is 20.0. The van der Waals surface area contributed by atoms with Crippen LogP contribution in [0.1, 0.15) is 25.7 Å². The lowest BCUT2D eigenvalue weighted by molar-refractivity contribution is -0.384. The molecule has 1 aliphatic rings. The van der Waals surface area contributed by atoms with Gasteiger partial charge in [-0.15, -0.1) is 12.4 Å². The maximum absolute atomic E-state index is 11.7. The third-order valence-corrected chi connectivity index (χ3v) is 3.70. The van der Waals surface area contributed by atoms with Gasteiger partial charge in [0.1, 0.15) is 0 Å². The first-order valence-electron chi connectivity index (χ1n) is 7.63. The van der Waals surface area contributed by atoms with E-state index in [1.807, 2.05) is 0 Å². The van der Waals surface area contributed by atoms with E-state index in [2.05, 4.69) is 16.0 Å². The number of non-ortho nitro benzene ring substituents is 1. The number of anilines is 1. The molecule has 0 saturated carbocycles. The number of benzene rings is 1. The summed E-state index contributed by atoms with van der Waals surface area (Å²) in [7, 11) is 0. The predicted octanol–water partition coefficient (Wildman–Crippen LogP) is 2.08. The van der Waals surface area contributed by atoms with Gasteiger partial charge >= 0.3 is 0 Å². The lowest BCUT2D eigenvalue weighted by Crippen LogP contribution is -2.37. The largest absolute Gasteiger partial charge is 0.385 e. The van der Waals surface area contributed by atoms with E-state index in [0.717, 1.165) is 25.1 Å². The van der Waals surface area contributed by atoms with Crippen LogP contribution in [-0.2, 0) is 4.79 Å². The number of nitrogens with one attached hydrogen (secondary N) is 3. The van der Waals surface area contributed by atoms with Crippen LogP contribution in [0.5, 0.6) is 0 Å². The number of rotatable bonds is 8. The van der Waals surface area contributed by atoms with Crippen molar-refractivity contribution in [2.45, 2.75) is 31.7 Å². The quantitative estimate of drug-likeness (QED) is 0.382. The lowest BCUT2D eigenvalue weighted by Gasteiger charge is -2.11. The maximum Gasteiger partial charge on any atom is 0.269 e. The molecular formula is C15H23ClN4O3. The molecule has 0 bridgehead atoms. The molecule has 7 nitrogen and oxygen atoms in total. The highest BCUT2D eigenvalue weighted by Gasteiger charge is 2.14. The Kier molecular flexibility index (Phi) is 8.36. The molecule has 1 unspecified atom stereocenters. The minimum absolute atomic E-state index is 0. The summed E-state index contributed by atoms with van der Waals surface area (Å²) in [5.41, 5.74) is 0.895. The van der Waals surface area contributed by atoms with E-state index in [1.165, 1.54) is 18.6 Å². The lowest BCUT2D eigenvalue weighted by atomic mass is 10.2. The Hall–Kier alpha value is -1.86. The minimum atomic E-state index is -0.423. The van der Waals surface area contributed by atoms with Crippen molar-refractivity contribution in [3.05, 3.63) is 34.4 Å². The van der Waals surface area contributed by atoms with Gasteiger partial charge in [0, 0.05) is 43.4 Å². The summed E-state index contributed by atoms with van der Waals surface area (Å²) < 4.78 is 0. The van der Waals surface area contributed by atoms with Gasteiger partial charge in [0.2, 0.25) is 5.91 Å². The molecule has 1 aromatic rings. The molecule has 0 aromatic heterocycles. The first-order chi connectivity index (χ1) is 10.6. The monoisotopic (exact) mass is 342 g/mol. The van der Waals surface area contributed by atoms with E-state index >= 15 is 0 Å². The second kappa shape index (κ2) is 10.0. The van der Waals surface area contributed by atoms with Crippen molar-refractivity contribution in [3.63, 3.8) is 0 Å². The van der Waals surface area contributed by atoms with E-state index in [9.17, 15) is 14.9 Å². The third-order valence-electron chi connectivity index (χ3n) is 3.70. The van der Waals surface area contributed by atoms with Crippen molar-refractivity contribution in [2.75, 3.05) is 25.0 Å². The molecule has 8 heteroatoms. The molecule has 1 heterocycles. The zero-order valence-electron chi connectivity index (χ0n) is 12.9. The number of hydrogen-bond acceptors (Lipinski definition) is 5. The number of amides is 1. The highest BCUT2D eigenvalue weighted by Crippen LogP contribution is 2.15. The van der Waals surface area contributed by atoms with Crippen LogP contribution in [0.2, 0.25) is 0 Å². The van der Waals surface area contributed by atoms with Crippen molar-refractivity contribution >= 4 is 29.7 Å². The van der Waals surface area contributed by atoms with Crippen molar-refractivity contribution in [1.82, 2.24) is 10.6 Å². The first-order valence-corrected chi connectivity index (χ1v) is 7.63. The van der Waals surface area contributed by atoms with Crippen LogP contribution in [-0.4, -0.2) is 36.5 Å². The standard InChI is InChI=1S/C15H22N4O3.ClH/c20-15(18-11-13-3-1-9-17-13)4-2-10-16-12-5-7-14(8-6-12)19(21)22;/h5-8,13,16-17H,1-4,9-11H2,(H,18,20);1H. The van der Waals surface area contributed by atoms with E-state index in [-0.39, 0.29) is 24.0 Å². The van der Waals surface area contributed by atoms with E-state index in [4.69, 9.17) is 0 Å². The highest BCUT2D eigenvalue weighted by molar-refractivity contribution is 5.85. The van der Waals surface area contributed by atoms with Crippen molar-refractivity contribution < 1.29 is 9.72 Å². The molecule has 1 atom stereocenters. The van der Waals surface area contributed by atoms with Crippen LogP contribution in [0.4, 0.5) is 11.4 Å². The average molecular weight is 343 g/mol. The molecule has 0 aliphatic carbocycles. The fourth-order valence-electron chi connectivity index (χ4n) is 2.44. The zero-order chi connectivity index (χ0) is 15.8. The molecule has 1 aromatic carbocycles. The summed E-state index contributed by atoms with van der Waals surface area (Å²) in [5.74, 6) is 0.0687. The Bertz CT molecular complexity index is 504. The van der Waals surface area contributed by atoms with Crippen molar-refractivity contribution in [2.24, 2.45) is 0 Å². The van der Waals surface area contributed by atoms with E-state index in [1.54, 1.807) is 12.1 Å². The average Bonchev–Trinajstić information content (AvgIpc) is 3.03. The van der Waals surface area contributed by atoms with Crippen LogP contribution in [0.15, 0.2) is 24.3 Å². The van der Waals surface area contributed by atoms with E-state index < -0.39 is 4.92 Å². The van der Waals surface area contributed by atoms with Gasteiger partial charge in [-0.1, -0.05) is 0 Å². The number of hydrogen-bond donors (Lipinski definition) is 3. The van der Waals surface area contributed by atoms with Gasteiger partial charge < -0.3 is 16.0 Å². The predicted molar refractivity (Wildman–Crippen MR) is 92.1 cm³/mol. The molecule has 1 amide bonds. The van der Waals surface area contributed by atoms with E-state index in [0.29, 0.717) is 25.6 Å². The van der Waals surface area contributed by atoms with Gasteiger partial charge in [-0.3, -0.25) is 14.9 Å². The Morgan fingerprint density at radius 1 is 1.35 bits per heavy atom. The highest BCUT2D eigenvalue weighted by atomic mass is 35.5. The Balaban J connectivity index is 0.00000264. The molecule has 23 heavy (non-hydrogen) atoms. The summed E-state index contributed by atoms with van der Waals surface area (Å²) in [4.78, 5) is 21.8. The molecule has 128 valence electrons. The molecule has 0 spiro atoms. The molecule has 1 fully saturated rings. The second-order valence-electron chi connectivity index (χ2n) is 5.43. The summed E-state index contributed by atoms with van der Waals surface area (Å²) in [6.45, 7) is 2.40. The van der Waals surface area contributed by atoms with Gasteiger partial charge in [-0.2, -0.15) is 0 Å². The number of halogens is 1. The van der Waals surface area contributed by atoms with Gasteiger partial charge in [0.15, 0.2) is 0 Å². The SMILES string of the molecule is Cl.O=C(CCCNc1ccc([N+](=O)[O-])cc1)NCC1CCCN1. The number of carbonyl (C=O) groups excluding carboxylic acids is 1. The normalized spacial score (nSPS) is 16.4. The van der Waals surface area contributed by atoms with Crippen molar-refractivity contribution in [3.8, 4) is 0 Å². The fourth-order valence-corrected chi connectivity index (χ4v) is 2.44. The van der Waals surface area contributed by atoms with Crippen LogP contribution < -0.4 is 16.0 Å². The molecule has 2 rings (SSSR count). The molecule has 3 N–H and O–H groups in total. The van der Waals surface area contributed by atoms with Crippen LogP contribution in [0, 0.1) is 10.1 Å². The zero-order valence-corrected chi connectivity index (χ0v) is 13.7. The minimum Gasteiger partial charge on any atom is -0.385 e. The smallest absolute Gasteiger partial charge is 0.269 e. The first kappa shape index (κ1) is 19.2. The summed E-state index contributed by atoms with van der Waals surface area (Å²) >= 11 is 0. The van der Waals surface area contributed by atoms with Crippen LogP contribution >= 0.6 is 12.4 Å². The number of nitro benzene ring substituents is 1. The maximum atomic E-state index is 11.7.